The minimum absolute atomic E-state index is 0.0465. The Labute approximate surface area is 212 Å². The Morgan fingerprint density at radius 2 is 1.66 bits per heavy atom. The molecule has 2 aromatic rings. The van der Waals surface area contributed by atoms with Gasteiger partial charge in [-0.05, 0) is 41.0 Å². The molecule has 204 valence electrons. The highest BCUT2D eigenvalue weighted by Gasteiger charge is 2.72. The summed E-state index contributed by atoms with van der Waals surface area (Å²) in [6.07, 6.45) is -11.1. The number of carbonyl (C=O) groups excluding carboxylic acids is 2. The number of benzene rings is 2. The molecule has 1 aliphatic rings. The zero-order valence-corrected chi connectivity index (χ0v) is 20.3. The summed E-state index contributed by atoms with van der Waals surface area (Å²) in [5, 5.41) is 11.2. The summed E-state index contributed by atoms with van der Waals surface area (Å²) in [6.45, 7) is -0.175. The number of amides is 2. The van der Waals surface area contributed by atoms with Gasteiger partial charge in [-0.2, -0.15) is 31.6 Å². The molecule has 0 aliphatic carbocycles. The van der Waals surface area contributed by atoms with E-state index in [-0.39, 0.29) is 35.7 Å². The Kier molecular flexibility index (Phi) is 7.55. The summed E-state index contributed by atoms with van der Waals surface area (Å²) >= 11 is 0. The molecule has 1 atom stereocenters. The van der Waals surface area contributed by atoms with E-state index in [0.29, 0.717) is 23.8 Å². The summed E-state index contributed by atoms with van der Waals surface area (Å²) in [5.41, 5.74) is -0.289. The fourth-order valence-corrected chi connectivity index (χ4v) is 4.81. The average Bonchev–Trinajstić information content (AvgIpc) is 3.18. The molecular formula is C23H20F6N4O4S. The molecule has 38 heavy (non-hydrogen) atoms. The van der Waals surface area contributed by atoms with Gasteiger partial charge in [-0.1, -0.05) is 18.2 Å². The number of anilines is 1. The second-order valence-corrected chi connectivity index (χ2v) is 10.5. The molecule has 1 heterocycles. The zero-order valence-electron chi connectivity index (χ0n) is 19.5. The van der Waals surface area contributed by atoms with Crippen molar-refractivity contribution >= 4 is 27.3 Å². The highest BCUT2D eigenvalue weighted by atomic mass is 32.2. The smallest absolute Gasteiger partial charge is 0.330 e. The van der Waals surface area contributed by atoms with Gasteiger partial charge in [0.05, 0.1) is 11.0 Å². The van der Waals surface area contributed by atoms with E-state index < -0.39 is 51.0 Å². The van der Waals surface area contributed by atoms with Crippen LogP contribution in [0.2, 0.25) is 0 Å². The molecule has 2 amide bonds. The molecule has 0 aromatic heterocycles. The fourth-order valence-electron chi connectivity index (χ4n) is 4.13. The number of alkyl halides is 6. The van der Waals surface area contributed by atoms with E-state index >= 15 is 0 Å². The first kappa shape index (κ1) is 28.9. The third-order valence-corrected chi connectivity index (χ3v) is 7.13. The van der Waals surface area contributed by atoms with E-state index in [1.54, 1.807) is 0 Å². The van der Waals surface area contributed by atoms with Crippen LogP contribution in [0, 0.1) is 11.3 Å². The lowest BCUT2D eigenvalue weighted by Crippen LogP contribution is -2.52. The van der Waals surface area contributed by atoms with Gasteiger partial charge in [0.1, 0.15) is 6.04 Å². The molecule has 0 saturated carbocycles. The highest BCUT2D eigenvalue weighted by molar-refractivity contribution is 7.90. The number of nitrogens with zero attached hydrogens (tertiary/aromatic N) is 2. The van der Waals surface area contributed by atoms with Gasteiger partial charge in [0.2, 0.25) is 5.91 Å². The molecule has 3 N–H and O–H groups in total. The van der Waals surface area contributed by atoms with Gasteiger partial charge in [-0.25, -0.2) is 8.42 Å². The third kappa shape index (κ3) is 5.05. The van der Waals surface area contributed by atoms with E-state index in [4.69, 9.17) is 11.0 Å². The van der Waals surface area contributed by atoms with E-state index in [1.165, 1.54) is 18.2 Å². The number of carbonyl (C=O) groups is 2. The van der Waals surface area contributed by atoms with Crippen molar-refractivity contribution in [3.63, 3.8) is 0 Å². The molecule has 2 aromatic carbocycles. The van der Waals surface area contributed by atoms with E-state index in [0.717, 1.165) is 23.3 Å². The summed E-state index contributed by atoms with van der Waals surface area (Å²) in [7, 11) is -3.61. The number of halogens is 6. The normalized spacial score (nSPS) is 16.1. The van der Waals surface area contributed by atoms with Crippen LogP contribution in [0.25, 0.3) is 0 Å². The van der Waals surface area contributed by atoms with Gasteiger partial charge < -0.3 is 16.0 Å². The molecule has 0 saturated heterocycles. The largest absolute Gasteiger partial charge is 0.420 e. The molecule has 0 fully saturated rings. The van der Waals surface area contributed by atoms with Crippen molar-refractivity contribution < 1.29 is 44.3 Å². The van der Waals surface area contributed by atoms with Crippen molar-refractivity contribution in [2.45, 2.75) is 41.7 Å². The predicted octanol–water partition coefficient (Wildman–Crippen LogP) is 3.35. The first-order valence-electron chi connectivity index (χ1n) is 10.8. The van der Waals surface area contributed by atoms with Crippen LogP contribution in [0.4, 0.5) is 32.0 Å². The van der Waals surface area contributed by atoms with Crippen LogP contribution in [-0.2, 0) is 31.4 Å². The highest BCUT2D eigenvalue weighted by Crippen LogP contribution is 2.51. The van der Waals surface area contributed by atoms with Crippen molar-refractivity contribution in [1.29, 1.82) is 5.26 Å². The second-order valence-electron chi connectivity index (χ2n) is 8.52. The summed E-state index contributed by atoms with van der Waals surface area (Å²) < 4.78 is 104. The lowest BCUT2D eigenvalue weighted by Gasteiger charge is -2.31. The van der Waals surface area contributed by atoms with Crippen LogP contribution in [0.15, 0.2) is 47.4 Å². The topological polar surface area (TPSA) is 133 Å². The van der Waals surface area contributed by atoms with Crippen LogP contribution in [0.1, 0.15) is 29.2 Å². The summed E-state index contributed by atoms with van der Waals surface area (Å²) in [4.78, 5) is 26.9. The number of fused-ring (bicyclic) bond motifs is 1. The fraction of sp³-hybridized carbons (Fsp3) is 0.348. The minimum atomic E-state index is -5.98. The SMILES string of the molecule is CS(=O)(=O)c1ccc2c(c1)CN(C(=O)CCN)C2C(=O)Nc1ccc(C(C#N)(C(F)(F)F)C(F)(F)F)cc1. The van der Waals surface area contributed by atoms with Crippen molar-refractivity contribution in [2.24, 2.45) is 5.73 Å². The minimum Gasteiger partial charge on any atom is -0.330 e. The van der Waals surface area contributed by atoms with Crippen LogP contribution < -0.4 is 11.1 Å². The van der Waals surface area contributed by atoms with Crippen LogP contribution >= 0.6 is 0 Å². The van der Waals surface area contributed by atoms with Crippen LogP contribution in [0.5, 0.6) is 0 Å². The standard InChI is InChI=1S/C23H20F6N4O4S/c1-38(36,37)16-6-7-17-13(10-16)11-33(18(34)8-9-30)19(17)20(35)32-15-4-2-14(3-5-15)21(12-31,22(24,25)26)23(27,28)29/h2-7,10,19H,8-9,11,30H2,1H3,(H,32,35). The Morgan fingerprint density at radius 1 is 1.08 bits per heavy atom. The molecule has 1 aliphatic heterocycles. The van der Waals surface area contributed by atoms with Crippen LogP contribution in [-0.4, -0.2) is 50.3 Å². The molecule has 15 heteroatoms. The molecule has 0 radical (unpaired) electrons. The van der Waals surface area contributed by atoms with Crippen molar-refractivity contribution in [3.8, 4) is 6.07 Å². The summed E-state index contributed by atoms with van der Waals surface area (Å²) in [5.74, 6) is -1.39. The predicted molar refractivity (Wildman–Crippen MR) is 121 cm³/mol. The molecule has 8 nitrogen and oxygen atoms in total. The number of nitrogens with two attached hydrogens (primary N) is 1. The van der Waals surface area contributed by atoms with Crippen molar-refractivity contribution in [2.75, 3.05) is 18.1 Å². The van der Waals surface area contributed by atoms with E-state index in [9.17, 15) is 44.3 Å². The number of hydrogen-bond acceptors (Lipinski definition) is 6. The van der Waals surface area contributed by atoms with Gasteiger partial charge in [-0.15, -0.1) is 0 Å². The van der Waals surface area contributed by atoms with Crippen molar-refractivity contribution in [1.82, 2.24) is 4.90 Å². The molecule has 0 spiro atoms. The zero-order chi connectivity index (χ0) is 28.7. The molecule has 0 bridgehead atoms. The lowest BCUT2D eigenvalue weighted by atomic mass is 9.80. The lowest BCUT2D eigenvalue weighted by molar-refractivity contribution is -0.283. The third-order valence-electron chi connectivity index (χ3n) is 6.02. The van der Waals surface area contributed by atoms with Gasteiger partial charge >= 0.3 is 12.4 Å². The van der Waals surface area contributed by atoms with Gasteiger partial charge in [0.25, 0.3) is 11.3 Å². The Hall–Kier alpha value is -3.64. The monoisotopic (exact) mass is 562 g/mol. The second kappa shape index (κ2) is 9.91. The molecule has 1 unspecified atom stereocenters. The number of hydrogen-bond donors (Lipinski definition) is 2. The molecular weight excluding hydrogens is 542 g/mol. The van der Waals surface area contributed by atoms with E-state index in [1.807, 2.05) is 0 Å². The quantitative estimate of drug-likeness (QED) is 0.519. The summed E-state index contributed by atoms with van der Waals surface area (Å²) in [6, 6.07) is 5.36. The van der Waals surface area contributed by atoms with E-state index in [2.05, 4.69) is 5.32 Å². The maximum Gasteiger partial charge on any atom is 0.420 e. The number of nitrogens with one attached hydrogen (secondary N) is 1. The number of rotatable bonds is 6. The maximum atomic E-state index is 13.4. The maximum absolute atomic E-state index is 13.4. The molecule has 3 rings (SSSR count). The first-order valence-corrected chi connectivity index (χ1v) is 12.7. The first-order chi connectivity index (χ1) is 17.5. The van der Waals surface area contributed by atoms with Gasteiger partial charge in [0, 0.05) is 31.5 Å². The Bertz CT molecular complexity index is 1380. The number of sulfone groups is 1. The Balaban J connectivity index is 1.97. The van der Waals surface area contributed by atoms with Gasteiger partial charge in [-0.3, -0.25) is 9.59 Å². The number of nitriles is 1. The van der Waals surface area contributed by atoms with Crippen molar-refractivity contribution in [3.05, 3.63) is 59.2 Å². The average molecular weight is 562 g/mol. The Morgan fingerprint density at radius 3 is 2.13 bits per heavy atom. The van der Waals surface area contributed by atoms with Gasteiger partial charge in [0.15, 0.2) is 9.84 Å². The van der Waals surface area contributed by atoms with Crippen LogP contribution in [0.3, 0.4) is 0 Å².